The Morgan fingerprint density at radius 1 is 1.27 bits per heavy atom. The number of halogens is 1. The summed E-state index contributed by atoms with van der Waals surface area (Å²) in [7, 11) is 4.03. The number of hydrogen-bond donors (Lipinski definition) is 0. The van der Waals surface area contributed by atoms with Crippen LogP contribution in [-0.4, -0.2) is 55.3 Å². The molecule has 0 bridgehead atoms. The SMILES string of the molecule is CCCN(CCN(C)C)C(=O)C(C)CCl. The second-order valence-corrected chi connectivity index (χ2v) is 4.49. The molecule has 0 saturated carbocycles. The standard InChI is InChI=1S/C11H23ClN2O/c1-5-6-14(8-7-13(3)4)11(15)10(2)9-12/h10H,5-9H2,1-4H3. The third-order valence-corrected chi connectivity index (χ3v) is 2.74. The monoisotopic (exact) mass is 234 g/mol. The molecule has 0 radical (unpaired) electrons. The van der Waals surface area contributed by atoms with Crippen LogP contribution in [-0.2, 0) is 4.79 Å². The molecule has 0 aromatic carbocycles. The summed E-state index contributed by atoms with van der Waals surface area (Å²) >= 11 is 5.70. The number of rotatable bonds is 7. The average Bonchev–Trinajstić information content (AvgIpc) is 2.21. The van der Waals surface area contributed by atoms with Gasteiger partial charge in [0.05, 0.1) is 0 Å². The van der Waals surface area contributed by atoms with Gasteiger partial charge < -0.3 is 9.80 Å². The van der Waals surface area contributed by atoms with Gasteiger partial charge in [-0.15, -0.1) is 11.6 Å². The summed E-state index contributed by atoms with van der Waals surface area (Å²) in [6, 6.07) is 0. The maximum absolute atomic E-state index is 11.9. The maximum atomic E-state index is 11.9. The van der Waals surface area contributed by atoms with E-state index in [-0.39, 0.29) is 11.8 Å². The predicted molar refractivity (Wildman–Crippen MR) is 65.3 cm³/mol. The topological polar surface area (TPSA) is 23.6 Å². The summed E-state index contributed by atoms with van der Waals surface area (Å²) in [5.41, 5.74) is 0. The fourth-order valence-corrected chi connectivity index (χ4v) is 1.43. The second-order valence-electron chi connectivity index (χ2n) is 4.18. The van der Waals surface area contributed by atoms with E-state index in [1.807, 2.05) is 25.9 Å². The molecule has 0 fully saturated rings. The van der Waals surface area contributed by atoms with Crippen LogP contribution in [0.15, 0.2) is 0 Å². The van der Waals surface area contributed by atoms with Gasteiger partial charge in [-0.1, -0.05) is 13.8 Å². The summed E-state index contributed by atoms with van der Waals surface area (Å²) in [6.07, 6.45) is 0.994. The quantitative estimate of drug-likeness (QED) is 0.626. The van der Waals surface area contributed by atoms with Gasteiger partial charge in [0.2, 0.25) is 5.91 Å². The normalized spacial score (nSPS) is 12.9. The lowest BCUT2D eigenvalue weighted by molar-refractivity contribution is -0.134. The Kier molecular flexibility index (Phi) is 7.79. The highest BCUT2D eigenvalue weighted by Gasteiger charge is 2.18. The van der Waals surface area contributed by atoms with Crippen molar-refractivity contribution in [2.24, 2.45) is 5.92 Å². The van der Waals surface area contributed by atoms with Gasteiger partial charge in [-0.3, -0.25) is 4.79 Å². The van der Waals surface area contributed by atoms with Crippen molar-refractivity contribution >= 4 is 17.5 Å². The average molecular weight is 235 g/mol. The second kappa shape index (κ2) is 7.94. The van der Waals surface area contributed by atoms with Crippen molar-refractivity contribution in [3.63, 3.8) is 0 Å². The fourth-order valence-electron chi connectivity index (χ4n) is 1.30. The minimum absolute atomic E-state index is 0.0691. The third-order valence-electron chi connectivity index (χ3n) is 2.28. The highest BCUT2D eigenvalue weighted by Crippen LogP contribution is 2.05. The number of hydrogen-bond acceptors (Lipinski definition) is 2. The Bertz CT molecular complexity index is 185. The van der Waals surface area contributed by atoms with E-state index >= 15 is 0 Å². The Balaban J connectivity index is 4.18. The molecule has 1 amide bonds. The highest BCUT2D eigenvalue weighted by atomic mass is 35.5. The van der Waals surface area contributed by atoms with Crippen LogP contribution in [0.4, 0.5) is 0 Å². The zero-order chi connectivity index (χ0) is 11.8. The van der Waals surface area contributed by atoms with Crippen molar-refractivity contribution in [3.05, 3.63) is 0 Å². The van der Waals surface area contributed by atoms with E-state index in [0.717, 1.165) is 26.1 Å². The molecule has 1 unspecified atom stereocenters. The molecule has 4 heteroatoms. The molecule has 0 spiro atoms. The van der Waals surface area contributed by atoms with Crippen molar-refractivity contribution in [1.82, 2.24) is 9.80 Å². The van der Waals surface area contributed by atoms with E-state index in [1.54, 1.807) is 0 Å². The van der Waals surface area contributed by atoms with Gasteiger partial charge in [0, 0.05) is 31.4 Å². The molecule has 0 rings (SSSR count). The summed E-state index contributed by atoms with van der Waals surface area (Å²) in [5, 5.41) is 0. The maximum Gasteiger partial charge on any atom is 0.226 e. The lowest BCUT2D eigenvalue weighted by Gasteiger charge is -2.26. The first-order valence-electron chi connectivity index (χ1n) is 5.52. The zero-order valence-corrected chi connectivity index (χ0v) is 11.0. The van der Waals surface area contributed by atoms with Gasteiger partial charge in [-0.05, 0) is 20.5 Å². The Morgan fingerprint density at radius 3 is 2.27 bits per heavy atom. The van der Waals surface area contributed by atoms with Crippen LogP contribution in [0.3, 0.4) is 0 Å². The number of likely N-dealkylation sites (N-methyl/N-ethyl adjacent to an activating group) is 1. The first kappa shape index (κ1) is 14.7. The summed E-state index contributed by atoms with van der Waals surface area (Å²) < 4.78 is 0. The van der Waals surface area contributed by atoms with E-state index in [4.69, 9.17) is 11.6 Å². The minimum Gasteiger partial charge on any atom is -0.341 e. The van der Waals surface area contributed by atoms with Gasteiger partial charge >= 0.3 is 0 Å². The molecule has 90 valence electrons. The zero-order valence-electron chi connectivity index (χ0n) is 10.3. The minimum atomic E-state index is -0.0691. The van der Waals surface area contributed by atoms with Gasteiger partial charge in [0.15, 0.2) is 0 Å². The lowest BCUT2D eigenvalue weighted by Crippen LogP contribution is -2.40. The predicted octanol–water partition coefficient (Wildman–Crippen LogP) is 1.66. The molecule has 0 heterocycles. The highest BCUT2D eigenvalue weighted by molar-refractivity contribution is 6.19. The fraction of sp³-hybridized carbons (Fsp3) is 0.909. The summed E-state index contributed by atoms with van der Waals surface area (Å²) in [5.74, 6) is 0.509. The van der Waals surface area contributed by atoms with E-state index in [1.165, 1.54) is 0 Å². The molecular weight excluding hydrogens is 212 g/mol. The van der Waals surface area contributed by atoms with Crippen molar-refractivity contribution in [2.75, 3.05) is 39.6 Å². The molecule has 0 aromatic heterocycles. The summed E-state index contributed by atoms with van der Waals surface area (Å²) in [4.78, 5) is 15.9. The molecule has 0 aliphatic carbocycles. The van der Waals surface area contributed by atoms with Crippen molar-refractivity contribution < 1.29 is 4.79 Å². The number of alkyl halides is 1. The lowest BCUT2D eigenvalue weighted by atomic mass is 10.2. The van der Waals surface area contributed by atoms with Gasteiger partial charge in [-0.25, -0.2) is 0 Å². The van der Waals surface area contributed by atoms with E-state index in [2.05, 4.69) is 11.8 Å². The molecule has 0 N–H and O–H groups in total. The molecule has 15 heavy (non-hydrogen) atoms. The number of nitrogens with zero attached hydrogens (tertiary/aromatic N) is 2. The molecule has 0 aliphatic rings. The largest absolute Gasteiger partial charge is 0.341 e. The Labute approximate surface area is 98.4 Å². The van der Waals surface area contributed by atoms with Crippen molar-refractivity contribution in [1.29, 1.82) is 0 Å². The summed E-state index contributed by atoms with van der Waals surface area (Å²) in [6.45, 7) is 6.49. The van der Waals surface area contributed by atoms with E-state index in [9.17, 15) is 4.79 Å². The first-order valence-corrected chi connectivity index (χ1v) is 6.05. The molecule has 0 saturated heterocycles. The van der Waals surface area contributed by atoms with Crippen LogP contribution in [0.2, 0.25) is 0 Å². The van der Waals surface area contributed by atoms with Crippen LogP contribution in [0.25, 0.3) is 0 Å². The molecule has 0 aliphatic heterocycles. The van der Waals surface area contributed by atoms with Crippen LogP contribution < -0.4 is 0 Å². The number of carbonyl (C=O) groups excluding carboxylic acids is 1. The van der Waals surface area contributed by atoms with Gasteiger partial charge in [-0.2, -0.15) is 0 Å². The molecule has 0 aromatic rings. The molecule has 3 nitrogen and oxygen atoms in total. The van der Waals surface area contributed by atoms with Crippen molar-refractivity contribution in [2.45, 2.75) is 20.3 Å². The van der Waals surface area contributed by atoms with Gasteiger partial charge in [0.25, 0.3) is 0 Å². The van der Waals surface area contributed by atoms with Crippen LogP contribution >= 0.6 is 11.6 Å². The Hall–Kier alpha value is -0.280. The Morgan fingerprint density at radius 2 is 1.87 bits per heavy atom. The number of amides is 1. The third kappa shape index (κ3) is 6.00. The van der Waals surface area contributed by atoms with Crippen LogP contribution in [0.5, 0.6) is 0 Å². The van der Waals surface area contributed by atoms with Crippen molar-refractivity contribution in [3.8, 4) is 0 Å². The van der Waals surface area contributed by atoms with Gasteiger partial charge in [0.1, 0.15) is 0 Å². The molecular formula is C11H23ClN2O. The van der Waals surface area contributed by atoms with Crippen LogP contribution in [0.1, 0.15) is 20.3 Å². The van der Waals surface area contributed by atoms with E-state index < -0.39 is 0 Å². The molecule has 1 atom stereocenters. The van der Waals surface area contributed by atoms with E-state index in [0.29, 0.717) is 5.88 Å². The smallest absolute Gasteiger partial charge is 0.226 e. The van der Waals surface area contributed by atoms with Crippen LogP contribution in [0, 0.1) is 5.92 Å². The number of carbonyl (C=O) groups is 1. The first-order chi connectivity index (χ1) is 7.02.